The van der Waals surface area contributed by atoms with Gasteiger partial charge < -0.3 is 10.1 Å². The average Bonchev–Trinajstić information content (AvgIpc) is 2.38. The van der Waals surface area contributed by atoms with Gasteiger partial charge in [0.25, 0.3) is 0 Å². The second-order valence-corrected chi connectivity index (χ2v) is 6.54. The van der Waals surface area contributed by atoms with Crippen LogP contribution in [0.1, 0.15) is 22.8 Å². The molecule has 0 heterocycles. The van der Waals surface area contributed by atoms with Crippen LogP contribution >= 0.6 is 0 Å². The number of sulfone groups is 1. The minimum atomic E-state index is -5.12. The van der Waals surface area contributed by atoms with Gasteiger partial charge in [-0.25, -0.2) is 13.2 Å². The minimum Gasteiger partial charge on any atom is -0.462 e. The molecule has 1 rings (SSSR count). The smallest absolute Gasteiger partial charge is 0.462 e. The Morgan fingerprint density at radius 1 is 1.26 bits per heavy atom. The van der Waals surface area contributed by atoms with Crippen molar-refractivity contribution in [3.8, 4) is 0 Å². The Balaban J connectivity index is 3.47. The number of carbonyl (C=O) groups is 2. The quantitative estimate of drug-likeness (QED) is 0.837. The predicted octanol–water partition coefficient (Wildman–Crippen LogP) is 2.08. The van der Waals surface area contributed by atoms with E-state index in [4.69, 9.17) is 4.74 Å². The third-order valence-electron chi connectivity index (χ3n) is 2.81. The van der Waals surface area contributed by atoms with Gasteiger partial charge in [-0.3, -0.25) is 4.79 Å². The Bertz CT molecular complexity index is 741. The van der Waals surface area contributed by atoms with Crippen LogP contribution in [0.2, 0.25) is 0 Å². The molecule has 0 aliphatic carbocycles. The number of carbonyl (C=O) groups excluding carboxylic acids is 2. The van der Waals surface area contributed by atoms with Crippen LogP contribution in [0.15, 0.2) is 17.0 Å². The summed E-state index contributed by atoms with van der Waals surface area (Å²) in [5, 5.41) is 1.60. The van der Waals surface area contributed by atoms with Gasteiger partial charge in [0.1, 0.15) is 0 Å². The van der Waals surface area contributed by atoms with Gasteiger partial charge in [-0.05, 0) is 31.5 Å². The van der Waals surface area contributed by atoms with Gasteiger partial charge >= 0.3 is 18.1 Å². The number of anilines is 1. The molecule has 1 amide bonds. The Morgan fingerprint density at radius 3 is 2.26 bits per heavy atom. The summed E-state index contributed by atoms with van der Waals surface area (Å²) in [5.41, 5.74) is -0.874. The highest BCUT2D eigenvalue weighted by molar-refractivity contribution is 7.90. The summed E-state index contributed by atoms with van der Waals surface area (Å²) < 4.78 is 65.1. The highest BCUT2D eigenvalue weighted by Gasteiger charge is 2.39. The first-order valence-electron chi connectivity index (χ1n) is 6.28. The highest BCUT2D eigenvalue weighted by atomic mass is 32.2. The number of hydrogen-bond acceptors (Lipinski definition) is 5. The number of hydrogen-bond donors (Lipinski definition) is 1. The second-order valence-electron chi connectivity index (χ2n) is 4.56. The van der Waals surface area contributed by atoms with Crippen molar-refractivity contribution < 1.29 is 35.9 Å². The molecule has 1 N–H and O–H groups in total. The van der Waals surface area contributed by atoms with Crippen LogP contribution in [0.4, 0.5) is 18.9 Å². The summed E-state index contributed by atoms with van der Waals surface area (Å²) in [6.45, 7) is 2.65. The highest BCUT2D eigenvalue weighted by Crippen LogP contribution is 2.28. The molecule has 1 aromatic carbocycles. The third kappa shape index (κ3) is 4.44. The first-order chi connectivity index (χ1) is 10.4. The number of amides is 1. The Labute approximate surface area is 130 Å². The van der Waals surface area contributed by atoms with Gasteiger partial charge in [-0.15, -0.1) is 0 Å². The number of benzene rings is 1. The molecular weight excluding hydrogens is 339 g/mol. The maximum atomic E-state index is 12.3. The molecule has 0 saturated carbocycles. The first-order valence-corrected chi connectivity index (χ1v) is 8.17. The molecule has 10 heteroatoms. The fourth-order valence-corrected chi connectivity index (χ4v) is 2.70. The van der Waals surface area contributed by atoms with Crippen molar-refractivity contribution in [3.63, 3.8) is 0 Å². The molecule has 0 aliphatic heterocycles. The standard InChI is InChI=1S/C13H14F3NO5S/c1-4-22-11(18)10-7(2)8(17-12(19)13(14,15)16)5-6-9(10)23(3,20)21/h5-6H,4H2,1-3H3,(H,17,19). The molecule has 0 bridgehead atoms. The maximum Gasteiger partial charge on any atom is 0.471 e. The summed E-state index contributed by atoms with van der Waals surface area (Å²) >= 11 is 0. The molecule has 0 aromatic heterocycles. The number of rotatable bonds is 4. The zero-order chi connectivity index (χ0) is 18.0. The average molecular weight is 353 g/mol. The molecule has 0 atom stereocenters. The Hall–Kier alpha value is -2.10. The van der Waals surface area contributed by atoms with Gasteiger partial charge in [0.05, 0.1) is 17.1 Å². The van der Waals surface area contributed by atoms with Crippen molar-refractivity contribution in [1.82, 2.24) is 0 Å². The lowest BCUT2D eigenvalue weighted by atomic mass is 10.1. The van der Waals surface area contributed by atoms with Crippen molar-refractivity contribution in [2.24, 2.45) is 0 Å². The summed E-state index contributed by atoms with van der Waals surface area (Å²) in [6, 6.07) is 1.93. The normalized spacial score (nSPS) is 11.9. The van der Waals surface area contributed by atoms with Crippen LogP contribution in [0.25, 0.3) is 0 Å². The monoisotopic (exact) mass is 353 g/mol. The van der Waals surface area contributed by atoms with E-state index >= 15 is 0 Å². The van der Waals surface area contributed by atoms with E-state index in [1.807, 2.05) is 0 Å². The molecule has 23 heavy (non-hydrogen) atoms. The van der Waals surface area contributed by atoms with Crippen molar-refractivity contribution >= 4 is 27.4 Å². The summed E-state index contributed by atoms with van der Waals surface area (Å²) in [6.07, 6.45) is -4.27. The van der Waals surface area contributed by atoms with Gasteiger partial charge in [-0.1, -0.05) is 0 Å². The van der Waals surface area contributed by atoms with Crippen LogP contribution in [-0.2, 0) is 19.4 Å². The Kier molecular flexibility index (Phi) is 5.41. The molecule has 1 aromatic rings. The van der Waals surface area contributed by atoms with E-state index in [1.165, 1.54) is 13.8 Å². The molecule has 6 nitrogen and oxygen atoms in total. The van der Waals surface area contributed by atoms with Crippen LogP contribution in [0, 0.1) is 6.92 Å². The van der Waals surface area contributed by atoms with Gasteiger partial charge in [0, 0.05) is 11.9 Å². The lowest BCUT2D eigenvalue weighted by Gasteiger charge is -2.15. The Morgan fingerprint density at radius 2 is 1.83 bits per heavy atom. The largest absolute Gasteiger partial charge is 0.471 e. The second kappa shape index (κ2) is 6.57. The van der Waals surface area contributed by atoms with E-state index in [1.54, 1.807) is 5.32 Å². The van der Waals surface area contributed by atoms with Gasteiger partial charge in [0.2, 0.25) is 0 Å². The van der Waals surface area contributed by atoms with Crippen molar-refractivity contribution in [1.29, 1.82) is 0 Å². The third-order valence-corrected chi connectivity index (χ3v) is 3.95. The van der Waals surface area contributed by atoms with Crippen molar-refractivity contribution in [2.75, 3.05) is 18.2 Å². The first kappa shape index (κ1) is 18.9. The molecule has 0 spiro atoms. The SMILES string of the molecule is CCOC(=O)c1c(S(C)(=O)=O)ccc(NC(=O)C(F)(F)F)c1C. The lowest BCUT2D eigenvalue weighted by Crippen LogP contribution is -2.30. The van der Waals surface area contributed by atoms with Crippen LogP contribution in [-0.4, -0.2) is 39.3 Å². The zero-order valence-corrected chi connectivity index (χ0v) is 13.3. The molecule has 128 valence electrons. The molecule has 0 radical (unpaired) electrons. The maximum absolute atomic E-state index is 12.3. The van der Waals surface area contributed by atoms with E-state index in [0.29, 0.717) is 0 Å². The minimum absolute atomic E-state index is 0.0549. The summed E-state index contributed by atoms with van der Waals surface area (Å²) in [4.78, 5) is 22.6. The van der Waals surface area contributed by atoms with Gasteiger partial charge in [-0.2, -0.15) is 13.2 Å². The van der Waals surface area contributed by atoms with E-state index in [2.05, 4.69) is 0 Å². The number of ether oxygens (including phenoxy) is 1. The van der Waals surface area contributed by atoms with E-state index in [-0.39, 0.29) is 17.9 Å². The zero-order valence-electron chi connectivity index (χ0n) is 12.4. The van der Waals surface area contributed by atoms with Gasteiger partial charge in [0.15, 0.2) is 9.84 Å². The van der Waals surface area contributed by atoms with E-state index in [0.717, 1.165) is 18.4 Å². The number of esters is 1. The molecule has 0 fully saturated rings. The van der Waals surface area contributed by atoms with E-state index in [9.17, 15) is 31.2 Å². The number of nitrogens with one attached hydrogen (secondary N) is 1. The molecule has 0 aliphatic rings. The fraction of sp³-hybridized carbons (Fsp3) is 0.385. The molecule has 0 unspecified atom stereocenters. The summed E-state index contributed by atoms with van der Waals surface area (Å²) in [7, 11) is -3.83. The molecular formula is C13H14F3NO5S. The molecule has 0 saturated heterocycles. The summed E-state index contributed by atoms with van der Waals surface area (Å²) in [5.74, 6) is -3.24. The van der Waals surface area contributed by atoms with Crippen molar-refractivity contribution in [2.45, 2.75) is 24.9 Å². The van der Waals surface area contributed by atoms with Crippen molar-refractivity contribution in [3.05, 3.63) is 23.3 Å². The topological polar surface area (TPSA) is 89.5 Å². The number of halogens is 3. The van der Waals surface area contributed by atoms with Crippen LogP contribution < -0.4 is 5.32 Å². The lowest BCUT2D eigenvalue weighted by molar-refractivity contribution is -0.167. The van der Waals surface area contributed by atoms with E-state index < -0.39 is 38.3 Å². The predicted molar refractivity (Wildman–Crippen MR) is 74.9 cm³/mol. The van der Waals surface area contributed by atoms with Crippen LogP contribution in [0.5, 0.6) is 0 Å². The van der Waals surface area contributed by atoms with Crippen LogP contribution in [0.3, 0.4) is 0 Å². The number of alkyl halides is 3. The fourth-order valence-electron chi connectivity index (χ4n) is 1.78.